The number of anilines is 1. The summed E-state index contributed by atoms with van der Waals surface area (Å²) in [5, 5.41) is 7.58. The molecule has 1 aliphatic rings. The van der Waals surface area contributed by atoms with Gasteiger partial charge in [-0.05, 0) is 35.7 Å². The molecule has 3 N–H and O–H groups in total. The van der Waals surface area contributed by atoms with E-state index in [-0.39, 0.29) is 17.0 Å². The molecule has 0 spiro atoms. The fraction of sp³-hybridized carbons (Fsp3) is 0.120. The van der Waals surface area contributed by atoms with Crippen molar-refractivity contribution in [2.75, 3.05) is 5.32 Å². The Bertz CT molecular complexity index is 1220. The highest BCUT2D eigenvalue weighted by Gasteiger charge is 2.35. The Morgan fingerprint density at radius 3 is 2.15 bits per heavy atom. The van der Waals surface area contributed by atoms with Crippen molar-refractivity contribution in [1.29, 1.82) is 0 Å². The largest absolute Gasteiger partial charge is 0.418 e. The maximum atomic E-state index is 13.4. The molecule has 0 unspecified atom stereocenters. The third kappa shape index (κ3) is 4.74. The summed E-state index contributed by atoms with van der Waals surface area (Å²) in [7, 11) is 0. The number of amides is 3. The van der Waals surface area contributed by atoms with Crippen LogP contribution in [-0.4, -0.2) is 11.9 Å². The lowest BCUT2D eigenvalue weighted by molar-refractivity contribution is -0.137. The number of rotatable bonds is 4. The van der Waals surface area contributed by atoms with E-state index in [1.165, 1.54) is 25.1 Å². The van der Waals surface area contributed by atoms with Crippen LogP contribution in [0.5, 0.6) is 0 Å². The third-order valence-corrected chi connectivity index (χ3v) is 5.35. The monoisotopic (exact) mass is 451 g/mol. The Hall–Kier alpha value is -4.07. The minimum Gasteiger partial charge on any atom is -0.327 e. The molecule has 0 radical (unpaired) electrons. The zero-order chi connectivity index (χ0) is 23.6. The van der Waals surface area contributed by atoms with Crippen molar-refractivity contribution in [2.24, 2.45) is 0 Å². The summed E-state index contributed by atoms with van der Waals surface area (Å²) in [6.07, 6.45) is -4.63. The van der Waals surface area contributed by atoms with Crippen LogP contribution < -0.4 is 16.0 Å². The molecule has 0 saturated carbocycles. The third-order valence-electron chi connectivity index (χ3n) is 5.35. The summed E-state index contributed by atoms with van der Waals surface area (Å²) in [4.78, 5) is 25.2. The molecule has 3 aromatic rings. The smallest absolute Gasteiger partial charge is 0.327 e. The molecule has 168 valence electrons. The van der Waals surface area contributed by atoms with E-state index in [1.807, 2.05) is 42.5 Å². The van der Waals surface area contributed by atoms with Gasteiger partial charge >= 0.3 is 12.2 Å². The summed E-state index contributed by atoms with van der Waals surface area (Å²) in [5.41, 5.74) is 1.66. The Morgan fingerprint density at radius 1 is 0.879 bits per heavy atom. The molecule has 5 nitrogen and oxygen atoms in total. The average molecular weight is 451 g/mol. The van der Waals surface area contributed by atoms with Crippen molar-refractivity contribution in [3.05, 3.63) is 101 Å². The molecule has 1 aliphatic heterocycles. The molecule has 0 fully saturated rings. The zero-order valence-corrected chi connectivity index (χ0v) is 17.5. The van der Waals surface area contributed by atoms with E-state index in [0.717, 1.165) is 17.2 Å². The van der Waals surface area contributed by atoms with Crippen molar-refractivity contribution in [1.82, 2.24) is 10.6 Å². The molecule has 0 aromatic heterocycles. The van der Waals surface area contributed by atoms with Gasteiger partial charge in [-0.25, -0.2) is 4.79 Å². The van der Waals surface area contributed by atoms with E-state index in [2.05, 4.69) is 16.0 Å². The van der Waals surface area contributed by atoms with Gasteiger partial charge in [0.2, 0.25) is 0 Å². The van der Waals surface area contributed by atoms with Crippen LogP contribution in [0.4, 0.5) is 23.7 Å². The van der Waals surface area contributed by atoms with Crippen molar-refractivity contribution in [3.8, 4) is 11.1 Å². The molecule has 1 heterocycles. The Labute approximate surface area is 188 Å². The fourth-order valence-electron chi connectivity index (χ4n) is 3.77. The Balaban J connectivity index is 1.66. The van der Waals surface area contributed by atoms with E-state index in [9.17, 15) is 22.8 Å². The highest BCUT2D eigenvalue weighted by molar-refractivity contribution is 6.07. The second-order valence-corrected chi connectivity index (χ2v) is 7.56. The van der Waals surface area contributed by atoms with E-state index < -0.39 is 29.7 Å². The number of hydrogen-bond donors (Lipinski definition) is 3. The number of nitrogens with one attached hydrogen (secondary N) is 3. The van der Waals surface area contributed by atoms with Gasteiger partial charge in [0, 0.05) is 5.70 Å². The van der Waals surface area contributed by atoms with Crippen LogP contribution >= 0.6 is 0 Å². The summed E-state index contributed by atoms with van der Waals surface area (Å²) < 4.78 is 40.1. The predicted octanol–water partition coefficient (Wildman–Crippen LogP) is 5.64. The fourth-order valence-corrected chi connectivity index (χ4v) is 3.77. The number of alkyl halides is 3. The second-order valence-electron chi connectivity index (χ2n) is 7.56. The molecule has 8 heteroatoms. The molecule has 1 atom stereocenters. The number of allylic oxidation sites excluding steroid dienone is 1. The molecule has 3 amide bonds. The molecule has 0 aliphatic carbocycles. The van der Waals surface area contributed by atoms with E-state index in [0.29, 0.717) is 5.56 Å². The van der Waals surface area contributed by atoms with Gasteiger partial charge in [0.1, 0.15) is 0 Å². The molecular weight excluding hydrogens is 431 g/mol. The number of carbonyl (C=O) groups is 2. The van der Waals surface area contributed by atoms with Gasteiger partial charge in [0.25, 0.3) is 5.91 Å². The first-order valence-electron chi connectivity index (χ1n) is 10.2. The van der Waals surface area contributed by atoms with Crippen molar-refractivity contribution >= 4 is 17.6 Å². The van der Waals surface area contributed by atoms with E-state index >= 15 is 0 Å². The Kier molecular flexibility index (Phi) is 5.91. The van der Waals surface area contributed by atoms with Gasteiger partial charge in [0.15, 0.2) is 0 Å². The van der Waals surface area contributed by atoms with Crippen molar-refractivity contribution < 1.29 is 22.8 Å². The van der Waals surface area contributed by atoms with Crippen LogP contribution in [0, 0.1) is 0 Å². The highest BCUT2D eigenvalue weighted by atomic mass is 19.4. The summed E-state index contributed by atoms with van der Waals surface area (Å²) >= 11 is 0. The van der Waals surface area contributed by atoms with Gasteiger partial charge in [0.05, 0.1) is 22.9 Å². The van der Waals surface area contributed by atoms with Crippen LogP contribution in [0.2, 0.25) is 0 Å². The number of halogens is 3. The topological polar surface area (TPSA) is 70.2 Å². The number of benzene rings is 3. The van der Waals surface area contributed by atoms with Crippen molar-refractivity contribution in [2.45, 2.75) is 19.1 Å². The zero-order valence-electron chi connectivity index (χ0n) is 17.5. The van der Waals surface area contributed by atoms with Crippen LogP contribution in [0.15, 0.2) is 90.1 Å². The van der Waals surface area contributed by atoms with Gasteiger partial charge in [-0.1, -0.05) is 66.7 Å². The Morgan fingerprint density at radius 2 is 1.48 bits per heavy atom. The van der Waals surface area contributed by atoms with E-state index in [4.69, 9.17) is 0 Å². The number of urea groups is 1. The van der Waals surface area contributed by atoms with Crippen LogP contribution in [0.1, 0.15) is 24.1 Å². The molecule has 0 bridgehead atoms. The van der Waals surface area contributed by atoms with Crippen LogP contribution in [-0.2, 0) is 11.0 Å². The first kappa shape index (κ1) is 22.1. The van der Waals surface area contributed by atoms with Crippen LogP contribution in [0.25, 0.3) is 11.1 Å². The minimum atomic E-state index is -4.63. The van der Waals surface area contributed by atoms with E-state index in [1.54, 1.807) is 12.1 Å². The normalized spacial score (nSPS) is 16.1. The maximum Gasteiger partial charge on any atom is 0.418 e. The quantitative estimate of drug-likeness (QED) is 0.481. The molecule has 3 aromatic carbocycles. The molecule has 0 saturated heterocycles. The SMILES string of the molecule is CC1=C(C(=O)Nc2ccccc2C(F)(F)F)[C@@H](c2ccc(-c3ccccc3)cc2)NC(=O)N1. The van der Waals surface area contributed by atoms with Gasteiger partial charge in [-0.3, -0.25) is 4.79 Å². The lowest BCUT2D eigenvalue weighted by atomic mass is 9.93. The highest BCUT2D eigenvalue weighted by Crippen LogP contribution is 2.36. The molecule has 4 rings (SSSR count). The standard InChI is InChI=1S/C25H20F3N3O2/c1-15-21(23(32)30-20-10-6-5-9-19(20)25(26,27)28)22(31-24(33)29-15)18-13-11-17(12-14-18)16-7-3-2-4-8-16/h2-14,22H,1H3,(H,30,32)(H2,29,31,33)/t22-/m1/s1. The predicted molar refractivity (Wildman–Crippen MR) is 119 cm³/mol. The second kappa shape index (κ2) is 8.82. The van der Waals surface area contributed by atoms with Gasteiger partial charge in [-0.15, -0.1) is 0 Å². The van der Waals surface area contributed by atoms with Gasteiger partial charge in [-0.2, -0.15) is 13.2 Å². The van der Waals surface area contributed by atoms with Gasteiger partial charge < -0.3 is 16.0 Å². The first-order chi connectivity index (χ1) is 15.7. The minimum absolute atomic E-state index is 0.124. The lowest BCUT2D eigenvalue weighted by Crippen LogP contribution is -2.46. The number of carbonyl (C=O) groups excluding carboxylic acids is 2. The first-order valence-corrected chi connectivity index (χ1v) is 10.2. The summed E-state index contributed by atoms with van der Waals surface area (Å²) in [6.45, 7) is 1.54. The molecular formula is C25H20F3N3O2. The number of hydrogen-bond acceptors (Lipinski definition) is 2. The lowest BCUT2D eigenvalue weighted by Gasteiger charge is -2.29. The summed E-state index contributed by atoms with van der Waals surface area (Å²) in [5.74, 6) is -0.742. The summed E-state index contributed by atoms with van der Waals surface area (Å²) in [6, 6.07) is 20.4. The molecule has 33 heavy (non-hydrogen) atoms. The number of para-hydroxylation sites is 1. The maximum absolute atomic E-state index is 13.4. The van der Waals surface area contributed by atoms with Crippen molar-refractivity contribution in [3.63, 3.8) is 0 Å². The average Bonchev–Trinajstić information content (AvgIpc) is 2.79. The van der Waals surface area contributed by atoms with Crippen LogP contribution in [0.3, 0.4) is 0 Å².